The van der Waals surface area contributed by atoms with Gasteiger partial charge in [-0.25, -0.2) is 0 Å². The monoisotopic (exact) mass is 326 g/mol. The summed E-state index contributed by atoms with van der Waals surface area (Å²) in [6.45, 7) is 5.38. The third kappa shape index (κ3) is 3.28. The summed E-state index contributed by atoms with van der Waals surface area (Å²) in [5.41, 5.74) is 0.916. The maximum Gasteiger partial charge on any atom is 0.245 e. The van der Waals surface area contributed by atoms with Gasteiger partial charge >= 0.3 is 0 Å². The lowest BCUT2D eigenvalue weighted by Crippen LogP contribution is -2.47. The van der Waals surface area contributed by atoms with Gasteiger partial charge in [-0.2, -0.15) is 0 Å². The number of aliphatic hydroxyl groups excluding tert-OH is 1. The van der Waals surface area contributed by atoms with E-state index in [4.69, 9.17) is 0 Å². The highest BCUT2D eigenvalue weighted by atomic mass is 79.9. The zero-order valence-electron chi connectivity index (χ0n) is 11.2. The van der Waals surface area contributed by atoms with E-state index >= 15 is 0 Å². The summed E-state index contributed by atoms with van der Waals surface area (Å²) in [6.07, 6.45) is 0. The Morgan fingerprint density at radius 3 is 2.63 bits per heavy atom. The van der Waals surface area contributed by atoms with Crippen LogP contribution in [-0.2, 0) is 4.79 Å². The lowest BCUT2D eigenvalue weighted by atomic mass is 9.93. The number of nitrogens with one attached hydrogen (secondary N) is 1. The number of carbonyl (C=O) groups is 1. The van der Waals surface area contributed by atoms with E-state index in [9.17, 15) is 9.90 Å². The normalized spacial score (nSPS) is 22.8. The molecule has 1 heterocycles. The van der Waals surface area contributed by atoms with E-state index in [1.54, 1.807) is 0 Å². The quantitative estimate of drug-likeness (QED) is 0.871. The number of benzene rings is 1. The summed E-state index contributed by atoms with van der Waals surface area (Å²) in [4.78, 5) is 14.0. The minimum atomic E-state index is -0.525. The van der Waals surface area contributed by atoms with Crippen LogP contribution in [0.3, 0.4) is 0 Å². The van der Waals surface area contributed by atoms with Crippen LogP contribution in [0.5, 0.6) is 0 Å². The molecule has 1 aromatic rings. The van der Waals surface area contributed by atoms with Crippen molar-refractivity contribution in [2.24, 2.45) is 5.41 Å². The third-order valence-electron chi connectivity index (χ3n) is 3.35. The lowest BCUT2D eigenvalue weighted by Gasteiger charge is -2.33. The fourth-order valence-electron chi connectivity index (χ4n) is 2.30. The summed E-state index contributed by atoms with van der Waals surface area (Å²) >= 11 is 3.40. The first-order chi connectivity index (χ1) is 8.93. The molecule has 2 N–H and O–H groups in total. The first-order valence-corrected chi connectivity index (χ1v) is 7.13. The van der Waals surface area contributed by atoms with E-state index in [1.165, 1.54) is 0 Å². The molecule has 0 bridgehead atoms. The molecular weight excluding hydrogens is 308 g/mol. The van der Waals surface area contributed by atoms with Gasteiger partial charge in [0, 0.05) is 23.2 Å². The number of aliphatic hydroxyl groups is 1. The third-order valence-corrected chi connectivity index (χ3v) is 3.88. The minimum absolute atomic E-state index is 0.0351. The van der Waals surface area contributed by atoms with Gasteiger partial charge in [0.25, 0.3) is 0 Å². The van der Waals surface area contributed by atoms with E-state index < -0.39 is 6.04 Å². The van der Waals surface area contributed by atoms with Crippen molar-refractivity contribution in [2.45, 2.75) is 19.9 Å². The number of amides is 1. The molecule has 0 aromatic heterocycles. The number of halogens is 1. The van der Waals surface area contributed by atoms with Crippen LogP contribution in [0.1, 0.15) is 13.8 Å². The maximum absolute atomic E-state index is 12.1. The molecule has 4 nitrogen and oxygen atoms in total. The molecule has 1 atom stereocenters. The molecule has 0 aliphatic carbocycles. The van der Waals surface area contributed by atoms with Crippen LogP contribution in [0.2, 0.25) is 0 Å². The van der Waals surface area contributed by atoms with Crippen LogP contribution >= 0.6 is 15.9 Å². The Balaban J connectivity index is 2.36. The van der Waals surface area contributed by atoms with E-state index in [-0.39, 0.29) is 17.9 Å². The average molecular weight is 327 g/mol. The Morgan fingerprint density at radius 1 is 1.42 bits per heavy atom. The Bertz CT molecular complexity index is 459. The summed E-state index contributed by atoms with van der Waals surface area (Å²) < 4.78 is 0.996. The van der Waals surface area contributed by atoms with Crippen molar-refractivity contribution in [1.29, 1.82) is 0 Å². The molecule has 1 fully saturated rings. The van der Waals surface area contributed by atoms with Gasteiger partial charge in [0.15, 0.2) is 0 Å². The van der Waals surface area contributed by atoms with Crippen molar-refractivity contribution >= 4 is 27.5 Å². The van der Waals surface area contributed by atoms with Gasteiger partial charge in [0.1, 0.15) is 6.04 Å². The molecule has 104 valence electrons. The fraction of sp³-hybridized carbons (Fsp3) is 0.500. The average Bonchev–Trinajstić information content (AvgIpc) is 2.47. The van der Waals surface area contributed by atoms with Crippen LogP contribution < -0.4 is 10.2 Å². The van der Waals surface area contributed by atoms with Crippen LogP contribution in [0.4, 0.5) is 5.69 Å². The van der Waals surface area contributed by atoms with Crippen molar-refractivity contribution < 1.29 is 9.90 Å². The molecule has 19 heavy (non-hydrogen) atoms. The Morgan fingerprint density at radius 2 is 2.05 bits per heavy atom. The van der Waals surface area contributed by atoms with E-state index in [2.05, 4.69) is 35.1 Å². The van der Waals surface area contributed by atoms with Crippen LogP contribution in [0, 0.1) is 5.41 Å². The number of nitrogens with zero attached hydrogens (tertiary/aromatic N) is 1. The largest absolute Gasteiger partial charge is 0.394 e. The molecule has 2 rings (SSSR count). The molecule has 0 spiro atoms. The molecule has 0 saturated carbocycles. The van der Waals surface area contributed by atoms with Crippen LogP contribution in [0.25, 0.3) is 0 Å². The van der Waals surface area contributed by atoms with Gasteiger partial charge < -0.3 is 15.3 Å². The molecule has 1 aliphatic heterocycles. The second kappa shape index (κ2) is 5.51. The molecule has 1 saturated heterocycles. The van der Waals surface area contributed by atoms with Crippen molar-refractivity contribution in [3.05, 3.63) is 28.7 Å². The van der Waals surface area contributed by atoms with Crippen molar-refractivity contribution in [1.82, 2.24) is 5.32 Å². The van der Waals surface area contributed by atoms with E-state index in [1.807, 2.05) is 29.2 Å². The topological polar surface area (TPSA) is 52.6 Å². The van der Waals surface area contributed by atoms with Gasteiger partial charge in [-0.1, -0.05) is 29.8 Å². The predicted octanol–water partition coefficient (Wildman–Crippen LogP) is 1.77. The van der Waals surface area contributed by atoms with E-state index in [0.29, 0.717) is 6.54 Å². The molecule has 1 amide bonds. The molecular formula is C14H19BrN2O2. The Hall–Kier alpha value is -1.07. The SMILES string of the molecule is CC1(C)CNC(=O)C(CO)N(c2ccc(Br)cc2)C1. The number of carbonyl (C=O) groups excluding carboxylic acids is 1. The van der Waals surface area contributed by atoms with Gasteiger partial charge in [-0.3, -0.25) is 4.79 Å². The highest BCUT2D eigenvalue weighted by Gasteiger charge is 2.34. The number of hydrogen-bond donors (Lipinski definition) is 2. The summed E-state index contributed by atoms with van der Waals surface area (Å²) in [7, 11) is 0. The zero-order valence-corrected chi connectivity index (χ0v) is 12.8. The molecule has 1 aromatic carbocycles. The standard InChI is InChI=1S/C14H19BrN2O2/c1-14(2)8-16-13(19)12(7-18)17(9-14)11-5-3-10(15)4-6-11/h3-6,12,18H,7-9H2,1-2H3,(H,16,19). The molecule has 1 unspecified atom stereocenters. The summed E-state index contributed by atoms with van der Waals surface area (Å²) in [6, 6.07) is 7.28. The number of hydrogen-bond acceptors (Lipinski definition) is 3. The summed E-state index contributed by atoms with van der Waals surface area (Å²) in [5, 5.41) is 12.4. The van der Waals surface area contributed by atoms with Crippen molar-refractivity contribution in [3.8, 4) is 0 Å². The highest BCUT2D eigenvalue weighted by Crippen LogP contribution is 2.27. The van der Waals surface area contributed by atoms with Crippen molar-refractivity contribution in [3.63, 3.8) is 0 Å². The summed E-state index contributed by atoms with van der Waals surface area (Å²) in [5.74, 6) is -0.115. The maximum atomic E-state index is 12.1. The second-order valence-corrected chi connectivity index (χ2v) is 6.60. The van der Waals surface area contributed by atoms with Crippen LogP contribution in [0.15, 0.2) is 28.7 Å². The van der Waals surface area contributed by atoms with Gasteiger partial charge in [-0.05, 0) is 29.7 Å². The minimum Gasteiger partial charge on any atom is -0.394 e. The Labute approximate surface area is 121 Å². The predicted molar refractivity (Wildman–Crippen MR) is 79.2 cm³/mol. The number of anilines is 1. The smallest absolute Gasteiger partial charge is 0.245 e. The van der Waals surface area contributed by atoms with Gasteiger partial charge in [-0.15, -0.1) is 0 Å². The molecule has 5 heteroatoms. The lowest BCUT2D eigenvalue weighted by molar-refractivity contribution is -0.122. The molecule has 1 aliphatic rings. The van der Waals surface area contributed by atoms with Gasteiger partial charge in [0.05, 0.1) is 6.61 Å². The Kier molecular flexibility index (Phi) is 4.16. The number of rotatable bonds is 2. The highest BCUT2D eigenvalue weighted by molar-refractivity contribution is 9.10. The fourth-order valence-corrected chi connectivity index (χ4v) is 2.56. The first kappa shape index (κ1) is 14.3. The zero-order chi connectivity index (χ0) is 14.0. The second-order valence-electron chi connectivity index (χ2n) is 5.68. The van der Waals surface area contributed by atoms with E-state index in [0.717, 1.165) is 16.7 Å². The molecule has 0 radical (unpaired) electrons. The van der Waals surface area contributed by atoms with Gasteiger partial charge in [0.2, 0.25) is 5.91 Å². The van der Waals surface area contributed by atoms with Crippen molar-refractivity contribution in [2.75, 3.05) is 24.6 Å². The first-order valence-electron chi connectivity index (χ1n) is 6.34. The van der Waals surface area contributed by atoms with Crippen LogP contribution in [-0.4, -0.2) is 36.8 Å².